The summed E-state index contributed by atoms with van der Waals surface area (Å²) in [6.07, 6.45) is 1.31. The van der Waals surface area contributed by atoms with Crippen LogP contribution in [0.1, 0.15) is 20.3 Å². The maximum atomic E-state index is 2.26. The van der Waals surface area contributed by atoms with Crippen molar-refractivity contribution in [2.24, 2.45) is 0 Å². The maximum absolute atomic E-state index is 2.26. The summed E-state index contributed by atoms with van der Waals surface area (Å²) in [5.41, 5.74) is 0. The van der Waals surface area contributed by atoms with Crippen molar-refractivity contribution in [2.45, 2.75) is 30.1 Å². The third kappa shape index (κ3) is 7.63. The lowest BCUT2D eigenvalue weighted by molar-refractivity contribution is 1.11. The molecule has 0 spiro atoms. The molecule has 1 aliphatic rings. The van der Waals surface area contributed by atoms with Gasteiger partial charge in [-0.2, -0.15) is 11.8 Å². The van der Waals surface area contributed by atoms with Gasteiger partial charge in [-0.05, 0) is 12.2 Å². The fourth-order valence-corrected chi connectivity index (χ4v) is 7.83. The van der Waals surface area contributed by atoms with Gasteiger partial charge in [-0.1, -0.05) is 35.4 Å². The number of hydrogen-bond acceptors (Lipinski definition) is 5. The van der Waals surface area contributed by atoms with Crippen molar-refractivity contribution >= 4 is 56.9 Å². The first-order valence-electron chi connectivity index (χ1n) is 5.47. The molecule has 1 rings (SSSR count). The molecule has 0 nitrogen and oxygen atoms in total. The van der Waals surface area contributed by atoms with Crippen LogP contribution >= 0.6 is 56.9 Å². The van der Waals surface area contributed by atoms with Crippen LogP contribution in [0, 0.1) is 0 Å². The summed E-state index contributed by atoms with van der Waals surface area (Å²) in [6, 6.07) is 0. The van der Waals surface area contributed by atoms with Crippen LogP contribution in [-0.4, -0.2) is 38.6 Å². The molecule has 0 radical (unpaired) electrons. The molecular weight excluding hydrogens is 280 g/mol. The van der Waals surface area contributed by atoms with Crippen LogP contribution < -0.4 is 0 Å². The Kier molecular flexibility index (Phi) is 9.62. The zero-order chi connectivity index (χ0) is 10.9. The molecule has 0 aromatic rings. The Morgan fingerprint density at radius 1 is 1.07 bits per heavy atom. The van der Waals surface area contributed by atoms with E-state index >= 15 is 0 Å². The zero-order valence-corrected chi connectivity index (χ0v) is 13.5. The summed E-state index contributed by atoms with van der Waals surface area (Å²) >= 11 is 6.43. The predicted octanol–water partition coefficient (Wildman–Crippen LogP) is 4.71. The minimum absolute atomic E-state index is 0.935. The lowest BCUT2D eigenvalue weighted by Crippen LogP contribution is -1.95. The molecule has 1 saturated heterocycles. The van der Waals surface area contributed by atoms with Crippen molar-refractivity contribution in [1.82, 2.24) is 0 Å². The smallest absolute Gasteiger partial charge is 0.0633 e. The number of hydrogen-bond donors (Lipinski definition) is 0. The van der Waals surface area contributed by atoms with Crippen LogP contribution in [0.4, 0.5) is 0 Å². The van der Waals surface area contributed by atoms with Crippen LogP contribution in [0.3, 0.4) is 0 Å². The van der Waals surface area contributed by atoms with Gasteiger partial charge in [0, 0.05) is 28.3 Å². The third-order valence-corrected chi connectivity index (χ3v) is 8.98. The van der Waals surface area contributed by atoms with Gasteiger partial charge in [0.05, 0.1) is 4.58 Å². The molecular formula is C10H20S5. The van der Waals surface area contributed by atoms with E-state index < -0.39 is 0 Å². The minimum atomic E-state index is 0.935. The molecule has 1 aliphatic heterocycles. The Hall–Kier alpha value is 1.75. The molecule has 0 amide bonds. The number of thioether (sulfide) groups is 3. The summed E-state index contributed by atoms with van der Waals surface area (Å²) in [5.74, 6) is 6.62. The topological polar surface area (TPSA) is 0 Å². The van der Waals surface area contributed by atoms with E-state index in [1.165, 1.54) is 35.2 Å². The summed E-state index contributed by atoms with van der Waals surface area (Å²) in [4.78, 5) is 0. The van der Waals surface area contributed by atoms with Crippen molar-refractivity contribution in [3.05, 3.63) is 0 Å². The van der Waals surface area contributed by atoms with Crippen molar-refractivity contribution in [3.8, 4) is 0 Å². The van der Waals surface area contributed by atoms with E-state index in [1.54, 1.807) is 0 Å². The first-order valence-corrected chi connectivity index (χ1v) is 11.1. The van der Waals surface area contributed by atoms with E-state index in [1.807, 2.05) is 21.6 Å². The van der Waals surface area contributed by atoms with Gasteiger partial charge in [0.2, 0.25) is 0 Å². The van der Waals surface area contributed by atoms with Gasteiger partial charge >= 0.3 is 0 Å². The third-order valence-electron chi connectivity index (χ3n) is 1.83. The first kappa shape index (κ1) is 14.8. The molecule has 0 saturated carbocycles. The summed E-state index contributed by atoms with van der Waals surface area (Å²) in [6.45, 7) is 4.51. The number of rotatable bonds is 10. The SMILES string of the molecule is CCCSSCCSCC1SC1SCC. The second-order valence-electron chi connectivity index (χ2n) is 3.22. The molecule has 90 valence electrons. The molecule has 0 N–H and O–H groups in total. The van der Waals surface area contributed by atoms with E-state index in [9.17, 15) is 0 Å². The van der Waals surface area contributed by atoms with Gasteiger partial charge in [-0.3, -0.25) is 0 Å². The van der Waals surface area contributed by atoms with Crippen LogP contribution in [0.25, 0.3) is 0 Å². The monoisotopic (exact) mass is 300 g/mol. The molecule has 0 aromatic heterocycles. The molecule has 1 heterocycles. The second kappa shape index (κ2) is 9.75. The Morgan fingerprint density at radius 3 is 2.60 bits per heavy atom. The summed E-state index contributed by atoms with van der Waals surface area (Å²) in [7, 11) is 4.08. The van der Waals surface area contributed by atoms with Gasteiger partial charge in [0.1, 0.15) is 0 Å². The quantitative estimate of drug-likeness (QED) is 0.325. The highest BCUT2D eigenvalue weighted by Crippen LogP contribution is 2.50. The molecule has 0 bridgehead atoms. The Morgan fingerprint density at radius 2 is 1.87 bits per heavy atom. The normalized spacial score (nSPS) is 24.4. The first-order chi connectivity index (χ1) is 7.38. The summed E-state index contributed by atoms with van der Waals surface area (Å²) in [5, 5.41) is 0.966. The molecule has 0 aliphatic carbocycles. The van der Waals surface area contributed by atoms with E-state index in [2.05, 4.69) is 49.1 Å². The molecule has 1 fully saturated rings. The zero-order valence-electron chi connectivity index (χ0n) is 9.44. The molecule has 0 aromatic carbocycles. The van der Waals surface area contributed by atoms with Crippen molar-refractivity contribution in [3.63, 3.8) is 0 Å². The summed E-state index contributed by atoms with van der Waals surface area (Å²) < 4.78 is 0.935. The average Bonchev–Trinajstić information content (AvgIpc) is 2.96. The standard InChI is InChI=1S/C10H20S5/c1-3-5-13-14-7-6-11-8-9-10(15-9)12-4-2/h9-10H,3-8H2,1-2H3. The average molecular weight is 301 g/mol. The van der Waals surface area contributed by atoms with Gasteiger partial charge in [0.25, 0.3) is 0 Å². The Labute approximate surface area is 115 Å². The van der Waals surface area contributed by atoms with Gasteiger partial charge < -0.3 is 0 Å². The van der Waals surface area contributed by atoms with E-state index in [0.29, 0.717) is 0 Å². The highest BCUT2D eigenvalue weighted by Gasteiger charge is 2.37. The van der Waals surface area contributed by atoms with Crippen LogP contribution in [0.5, 0.6) is 0 Å². The minimum Gasteiger partial charge on any atom is -0.160 e. The fourth-order valence-electron chi connectivity index (χ4n) is 1.05. The molecule has 5 heteroatoms. The molecule has 2 atom stereocenters. The van der Waals surface area contributed by atoms with Crippen molar-refractivity contribution in [1.29, 1.82) is 0 Å². The second-order valence-corrected chi connectivity index (χ2v) is 10.2. The molecule has 2 unspecified atom stereocenters. The lowest BCUT2D eigenvalue weighted by atomic mass is 10.6. The van der Waals surface area contributed by atoms with Crippen molar-refractivity contribution in [2.75, 3.05) is 28.8 Å². The van der Waals surface area contributed by atoms with Crippen LogP contribution in [0.15, 0.2) is 0 Å². The van der Waals surface area contributed by atoms with Gasteiger partial charge in [-0.25, -0.2) is 0 Å². The van der Waals surface area contributed by atoms with Crippen LogP contribution in [0.2, 0.25) is 0 Å². The predicted molar refractivity (Wildman–Crippen MR) is 85.8 cm³/mol. The van der Waals surface area contributed by atoms with Gasteiger partial charge in [0.15, 0.2) is 0 Å². The molecule has 15 heavy (non-hydrogen) atoms. The van der Waals surface area contributed by atoms with E-state index in [4.69, 9.17) is 0 Å². The van der Waals surface area contributed by atoms with Crippen molar-refractivity contribution < 1.29 is 0 Å². The van der Waals surface area contributed by atoms with E-state index in [-0.39, 0.29) is 0 Å². The lowest BCUT2D eigenvalue weighted by Gasteiger charge is -2.00. The maximum Gasteiger partial charge on any atom is 0.0633 e. The largest absolute Gasteiger partial charge is 0.160 e. The Bertz CT molecular complexity index is 153. The van der Waals surface area contributed by atoms with Crippen LogP contribution in [-0.2, 0) is 0 Å². The Balaban J connectivity index is 1.75. The fraction of sp³-hybridized carbons (Fsp3) is 1.00. The highest BCUT2D eigenvalue weighted by molar-refractivity contribution is 8.76. The highest BCUT2D eigenvalue weighted by atomic mass is 33.1. The van der Waals surface area contributed by atoms with Gasteiger partial charge in [-0.15, -0.1) is 23.5 Å². The van der Waals surface area contributed by atoms with E-state index in [0.717, 1.165) is 9.83 Å².